The van der Waals surface area contributed by atoms with Crippen molar-refractivity contribution in [1.82, 2.24) is 10.2 Å². The number of hydrogen-bond acceptors (Lipinski definition) is 5. The Morgan fingerprint density at radius 3 is 2.90 bits per heavy atom. The lowest BCUT2D eigenvalue weighted by Gasteiger charge is -2.38. The highest BCUT2D eigenvalue weighted by molar-refractivity contribution is 5.95. The molecule has 2 aromatic rings. The van der Waals surface area contributed by atoms with Crippen molar-refractivity contribution in [3.63, 3.8) is 0 Å². The number of anilines is 1. The van der Waals surface area contributed by atoms with Crippen LogP contribution in [-0.2, 0) is 4.74 Å². The maximum Gasteiger partial charge on any atom is 0.410 e. The number of nitrogens with one attached hydrogen (secondary N) is 2. The fourth-order valence-electron chi connectivity index (χ4n) is 4.75. The molecule has 2 fully saturated rings. The van der Waals surface area contributed by atoms with Gasteiger partial charge in [-0.1, -0.05) is 12.7 Å². The van der Waals surface area contributed by atoms with Gasteiger partial charge in [-0.25, -0.2) is 4.79 Å². The van der Waals surface area contributed by atoms with E-state index in [0.29, 0.717) is 18.0 Å². The first-order valence-corrected chi connectivity index (χ1v) is 10.9. The number of carbonyl (C=O) groups excluding carboxylic acids is 2. The zero-order chi connectivity index (χ0) is 21.4. The van der Waals surface area contributed by atoms with Gasteiger partial charge in [0.2, 0.25) is 0 Å². The van der Waals surface area contributed by atoms with Crippen LogP contribution in [0.15, 0.2) is 53.7 Å². The van der Waals surface area contributed by atoms with E-state index < -0.39 is 0 Å². The number of ether oxygens (including phenoxy) is 1. The van der Waals surface area contributed by atoms with Crippen molar-refractivity contribution in [3.8, 4) is 0 Å². The second kappa shape index (κ2) is 8.13. The number of carbonyl (C=O) groups is 2. The topological polar surface area (TPSA) is 83.8 Å². The van der Waals surface area contributed by atoms with Crippen molar-refractivity contribution in [2.45, 2.75) is 31.3 Å². The molecule has 1 aliphatic carbocycles. The molecule has 3 unspecified atom stereocenters. The number of fused-ring (bicyclic) bond motifs is 3. The Balaban J connectivity index is 1.47. The van der Waals surface area contributed by atoms with E-state index >= 15 is 0 Å². The van der Waals surface area contributed by atoms with E-state index in [-0.39, 0.29) is 36.6 Å². The minimum Gasteiger partial charge on any atom is -0.467 e. The quantitative estimate of drug-likeness (QED) is 0.681. The van der Waals surface area contributed by atoms with Crippen molar-refractivity contribution in [3.05, 3.63) is 66.1 Å². The zero-order valence-corrected chi connectivity index (χ0v) is 17.4. The minimum absolute atomic E-state index is 0.0563. The molecule has 2 aliphatic heterocycles. The first-order chi connectivity index (χ1) is 15.2. The SMILES string of the molecule is C=CCOC(=O)N1CCC2C(c3ccco3)Nc3ccc(C(=O)NCC4CC4)cc3C21. The molecule has 3 atom stereocenters. The summed E-state index contributed by atoms with van der Waals surface area (Å²) in [6, 6.07) is 9.26. The first kappa shape index (κ1) is 19.7. The van der Waals surface area contributed by atoms with Gasteiger partial charge < -0.3 is 24.7 Å². The van der Waals surface area contributed by atoms with Crippen LogP contribution >= 0.6 is 0 Å². The summed E-state index contributed by atoms with van der Waals surface area (Å²) >= 11 is 0. The smallest absolute Gasteiger partial charge is 0.410 e. The third-order valence-corrected chi connectivity index (χ3v) is 6.47. The Morgan fingerprint density at radius 2 is 2.16 bits per heavy atom. The number of likely N-dealkylation sites (tertiary alicyclic amines) is 1. The molecular formula is C24H27N3O4. The molecule has 2 N–H and O–H groups in total. The van der Waals surface area contributed by atoms with Crippen LogP contribution in [0.3, 0.4) is 0 Å². The molecular weight excluding hydrogens is 394 g/mol. The van der Waals surface area contributed by atoms with Crippen LogP contribution in [-0.4, -0.2) is 36.6 Å². The van der Waals surface area contributed by atoms with Crippen molar-refractivity contribution in [2.75, 3.05) is 25.0 Å². The number of furan rings is 1. The van der Waals surface area contributed by atoms with Gasteiger partial charge in [0.25, 0.3) is 5.91 Å². The van der Waals surface area contributed by atoms with Gasteiger partial charge in [-0.3, -0.25) is 4.79 Å². The molecule has 5 rings (SSSR count). The van der Waals surface area contributed by atoms with Crippen molar-refractivity contribution >= 4 is 17.7 Å². The first-order valence-electron chi connectivity index (χ1n) is 10.9. The van der Waals surface area contributed by atoms with Crippen molar-refractivity contribution in [2.24, 2.45) is 11.8 Å². The Bertz CT molecular complexity index is 983. The summed E-state index contributed by atoms with van der Waals surface area (Å²) in [6.45, 7) is 5.10. The number of hydrogen-bond donors (Lipinski definition) is 2. The number of amides is 2. The Kier molecular flexibility index (Phi) is 5.18. The lowest BCUT2D eigenvalue weighted by atomic mass is 9.81. The van der Waals surface area contributed by atoms with E-state index in [4.69, 9.17) is 9.15 Å². The summed E-state index contributed by atoms with van der Waals surface area (Å²) in [6.07, 6.45) is 6.06. The van der Waals surface area contributed by atoms with Crippen LogP contribution in [0.2, 0.25) is 0 Å². The number of benzene rings is 1. The van der Waals surface area contributed by atoms with Gasteiger partial charge in [-0.15, -0.1) is 0 Å². The number of rotatable bonds is 6. The third kappa shape index (κ3) is 3.80. The van der Waals surface area contributed by atoms with Crippen LogP contribution in [0, 0.1) is 11.8 Å². The fourth-order valence-corrected chi connectivity index (χ4v) is 4.75. The molecule has 7 heteroatoms. The van der Waals surface area contributed by atoms with Gasteiger partial charge in [0, 0.05) is 30.3 Å². The number of nitrogens with zero attached hydrogens (tertiary/aromatic N) is 1. The third-order valence-electron chi connectivity index (χ3n) is 6.47. The highest BCUT2D eigenvalue weighted by Crippen LogP contribution is 2.51. The largest absolute Gasteiger partial charge is 0.467 e. The molecule has 0 spiro atoms. The summed E-state index contributed by atoms with van der Waals surface area (Å²) in [5.41, 5.74) is 2.47. The van der Waals surface area contributed by atoms with Crippen LogP contribution in [0.25, 0.3) is 0 Å². The van der Waals surface area contributed by atoms with Crippen molar-refractivity contribution < 1.29 is 18.7 Å². The second-order valence-electron chi connectivity index (χ2n) is 8.55. The lowest BCUT2D eigenvalue weighted by Crippen LogP contribution is -2.38. The predicted octanol–water partition coefficient (Wildman–Crippen LogP) is 4.27. The van der Waals surface area contributed by atoms with E-state index in [2.05, 4.69) is 17.2 Å². The summed E-state index contributed by atoms with van der Waals surface area (Å²) in [5, 5.41) is 6.61. The summed E-state index contributed by atoms with van der Waals surface area (Å²) in [7, 11) is 0. The molecule has 162 valence electrons. The predicted molar refractivity (Wildman–Crippen MR) is 116 cm³/mol. The maximum absolute atomic E-state index is 12.8. The van der Waals surface area contributed by atoms with Crippen LogP contribution < -0.4 is 10.6 Å². The molecule has 1 saturated heterocycles. The molecule has 31 heavy (non-hydrogen) atoms. The average Bonchev–Trinajstić information content (AvgIpc) is 3.26. The van der Waals surface area contributed by atoms with Gasteiger partial charge in [0.15, 0.2) is 0 Å². The Labute approximate surface area is 181 Å². The Hall–Kier alpha value is -3.22. The maximum atomic E-state index is 12.8. The molecule has 1 aromatic carbocycles. The van der Waals surface area contributed by atoms with Gasteiger partial charge in [0.05, 0.1) is 18.3 Å². The van der Waals surface area contributed by atoms with Crippen LogP contribution in [0.1, 0.15) is 53.0 Å². The lowest BCUT2D eigenvalue weighted by molar-refractivity contribution is 0.0951. The summed E-state index contributed by atoms with van der Waals surface area (Å²) in [5.74, 6) is 1.50. The van der Waals surface area contributed by atoms with Crippen LogP contribution in [0.4, 0.5) is 10.5 Å². The molecule has 1 aromatic heterocycles. The fraction of sp³-hybridized carbons (Fsp3) is 0.417. The molecule has 1 saturated carbocycles. The molecule has 2 amide bonds. The summed E-state index contributed by atoms with van der Waals surface area (Å²) < 4.78 is 11.1. The highest BCUT2D eigenvalue weighted by atomic mass is 16.6. The van der Waals surface area contributed by atoms with Crippen LogP contribution in [0.5, 0.6) is 0 Å². The van der Waals surface area contributed by atoms with E-state index in [1.54, 1.807) is 17.2 Å². The van der Waals surface area contributed by atoms with E-state index in [9.17, 15) is 9.59 Å². The van der Waals surface area contributed by atoms with Gasteiger partial charge in [-0.2, -0.15) is 0 Å². The van der Waals surface area contributed by atoms with E-state index in [0.717, 1.165) is 30.0 Å². The second-order valence-corrected chi connectivity index (χ2v) is 8.55. The monoisotopic (exact) mass is 421 g/mol. The molecule has 0 bridgehead atoms. The minimum atomic E-state index is -0.359. The van der Waals surface area contributed by atoms with E-state index in [1.165, 1.54) is 12.8 Å². The average molecular weight is 421 g/mol. The summed E-state index contributed by atoms with van der Waals surface area (Å²) in [4.78, 5) is 27.3. The van der Waals surface area contributed by atoms with Gasteiger partial charge >= 0.3 is 6.09 Å². The van der Waals surface area contributed by atoms with Crippen molar-refractivity contribution in [1.29, 1.82) is 0 Å². The molecule has 0 radical (unpaired) electrons. The zero-order valence-electron chi connectivity index (χ0n) is 17.4. The molecule has 7 nitrogen and oxygen atoms in total. The Morgan fingerprint density at radius 1 is 1.29 bits per heavy atom. The van der Waals surface area contributed by atoms with E-state index in [1.807, 2.05) is 30.3 Å². The standard InChI is InChI=1S/C24H27N3O4/c1-2-11-31-24(29)27-10-9-17-21(20-4-3-12-30-20)26-19-8-7-16(13-18(19)22(17)27)23(28)25-14-15-5-6-15/h2-4,7-8,12-13,15,17,21-22,26H,1,5-6,9-11,14H2,(H,25,28). The normalized spacial score (nSPS) is 24.0. The molecule has 3 heterocycles. The van der Waals surface area contributed by atoms with Gasteiger partial charge in [-0.05, 0) is 61.1 Å². The molecule has 3 aliphatic rings. The highest BCUT2D eigenvalue weighted by Gasteiger charge is 2.48. The van der Waals surface area contributed by atoms with Gasteiger partial charge in [0.1, 0.15) is 12.4 Å².